The largest absolute Gasteiger partial charge is 0.368 e. The van der Waals surface area contributed by atoms with Crippen LogP contribution in [0.15, 0.2) is 18.2 Å². The number of rotatable bonds is 4. The van der Waals surface area contributed by atoms with E-state index >= 15 is 0 Å². The molecule has 2 fully saturated rings. The van der Waals surface area contributed by atoms with Gasteiger partial charge in [-0.2, -0.15) is 0 Å². The second-order valence-corrected chi connectivity index (χ2v) is 7.31. The Balaban J connectivity index is 1.72. The molecule has 1 aromatic carbocycles. The second kappa shape index (κ2) is 6.58. The number of fused-ring (bicyclic) bond motifs is 1. The standard InChI is InChI=1S/C18H27ClN2/c1-13(2)20-12-15-7-8-16(11-17(15)19)21-10-9-14-5-3-4-6-18(14)21/h7-8,11,13-14,18,20H,3-6,9-10,12H2,1-2H3. The number of hydrogen-bond acceptors (Lipinski definition) is 2. The number of halogens is 1. The predicted octanol–water partition coefficient (Wildman–Crippen LogP) is 4.61. The van der Waals surface area contributed by atoms with Gasteiger partial charge in [-0.3, -0.25) is 0 Å². The van der Waals surface area contributed by atoms with Crippen molar-refractivity contribution in [2.45, 2.75) is 64.6 Å². The summed E-state index contributed by atoms with van der Waals surface area (Å²) in [5.41, 5.74) is 2.52. The molecule has 0 bridgehead atoms. The van der Waals surface area contributed by atoms with Crippen LogP contribution in [-0.2, 0) is 6.54 Å². The number of hydrogen-bond donors (Lipinski definition) is 1. The van der Waals surface area contributed by atoms with Crippen LogP contribution in [0.2, 0.25) is 5.02 Å². The molecule has 1 N–H and O–H groups in total. The van der Waals surface area contributed by atoms with Crippen molar-refractivity contribution in [3.05, 3.63) is 28.8 Å². The lowest BCUT2D eigenvalue weighted by molar-refractivity contribution is 0.342. The number of nitrogens with one attached hydrogen (secondary N) is 1. The van der Waals surface area contributed by atoms with Gasteiger partial charge >= 0.3 is 0 Å². The van der Waals surface area contributed by atoms with Crippen LogP contribution in [0.25, 0.3) is 0 Å². The number of anilines is 1. The molecule has 116 valence electrons. The average molecular weight is 307 g/mol. The van der Waals surface area contributed by atoms with Gasteiger partial charge < -0.3 is 10.2 Å². The normalized spacial score (nSPS) is 25.4. The Morgan fingerprint density at radius 1 is 1.24 bits per heavy atom. The molecule has 2 atom stereocenters. The summed E-state index contributed by atoms with van der Waals surface area (Å²) in [6.07, 6.45) is 6.96. The first-order valence-corrected chi connectivity index (χ1v) is 8.81. The number of benzene rings is 1. The van der Waals surface area contributed by atoms with Crippen LogP contribution >= 0.6 is 11.6 Å². The molecule has 2 aliphatic rings. The maximum Gasteiger partial charge on any atom is 0.0471 e. The molecule has 21 heavy (non-hydrogen) atoms. The lowest BCUT2D eigenvalue weighted by atomic mass is 9.85. The summed E-state index contributed by atoms with van der Waals surface area (Å²) in [6, 6.07) is 7.89. The third-order valence-corrected chi connectivity index (χ3v) is 5.43. The monoisotopic (exact) mass is 306 g/mol. The van der Waals surface area contributed by atoms with Crippen molar-refractivity contribution in [2.75, 3.05) is 11.4 Å². The molecular formula is C18H27ClN2. The van der Waals surface area contributed by atoms with Gasteiger partial charge in [0, 0.05) is 35.9 Å². The third kappa shape index (κ3) is 3.37. The Bertz CT molecular complexity index is 486. The van der Waals surface area contributed by atoms with Crippen molar-refractivity contribution in [2.24, 2.45) is 5.92 Å². The molecule has 3 heteroatoms. The zero-order chi connectivity index (χ0) is 14.8. The average Bonchev–Trinajstić information content (AvgIpc) is 2.89. The molecule has 1 saturated carbocycles. The van der Waals surface area contributed by atoms with E-state index in [1.54, 1.807) is 0 Å². The smallest absolute Gasteiger partial charge is 0.0471 e. The molecule has 0 aromatic heterocycles. The van der Waals surface area contributed by atoms with Crippen LogP contribution in [0.5, 0.6) is 0 Å². The molecule has 3 rings (SSSR count). The third-order valence-electron chi connectivity index (χ3n) is 5.08. The minimum Gasteiger partial charge on any atom is -0.368 e. The molecule has 2 unspecified atom stereocenters. The highest BCUT2D eigenvalue weighted by Crippen LogP contribution is 2.39. The van der Waals surface area contributed by atoms with Gasteiger partial charge in [-0.1, -0.05) is 44.4 Å². The fourth-order valence-electron chi connectivity index (χ4n) is 3.90. The highest BCUT2D eigenvalue weighted by Gasteiger charge is 2.35. The SMILES string of the molecule is CC(C)NCc1ccc(N2CCC3CCCCC32)cc1Cl. The van der Waals surface area contributed by atoms with Gasteiger partial charge in [-0.05, 0) is 42.9 Å². The summed E-state index contributed by atoms with van der Waals surface area (Å²) in [7, 11) is 0. The molecule has 1 saturated heterocycles. The lowest BCUT2D eigenvalue weighted by Gasteiger charge is -2.33. The van der Waals surface area contributed by atoms with E-state index in [9.17, 15) is 0 Å². The van der Waals surface area contributed by atoms with Gasteiger partial charge in [-0.15, -0.1) is 0 Å². The minimum atomic E-state index is 0.488. The van der Waals surface area contributed by atoms with Gasteiger partial charge in [0.2, 0.25) is 0 Å². The van der Waals surface area contributed by atoms with Gasteiger partial charge in [-0.25, -0.2) is 0 Å². The molecular weight excluding hydrogens is 280 g/mol. The van der Waals surface area contributed by atoms with Crippen LogP contribution in [0.3, 0.4) is 0 Å². The van der Waals surface area contributed by atoms with Crippen molar-refractivity contribution in [3.63, 3.8) is 0 Å². The van der Waals surface area contributed by atoms with Crippen LogP contribution in [-0.4, -0.2) is 18.6 Å². The Morgan fingerprint density at radius 3 is 2.81 bits per heavy atom. The molecule has 2 nitrogen and oxygen atoms in total. The van der Waals surface area contributed by atoms with E-state index in [2.05, 4.69) is 42.3 Å². The maximum atomic E-state index is 6.50. The molecule has 1 aliphatic heterocycles. The minimum absolute atomic E-state index is 0.488. The Kier molecular flexibility index (Phi) is 4.75. The highest BCUT2D eigenvalue weighted by atomic mass is 35.5. The van der Waals surface area contributed by atoms with Crippen LogP contribution in [0.1, 0.15) is 51.5 Å². The van der Waals surface area contributed by atoms with E-state index in [4.69, 9.17) is 11.6 Å². The zero-order valence-electron chi connectivity index (χ0n) is 13.2. The summed E-state index contributed by atoms with van der Waals surface area (Å²) in [4.78, 5) is 2.61. The van der Waals surface area contributed by atoms with Crippen molar-refractivity contribution in [3.8, 4) is 0 Å². The van der Waals surface area contributed by atoms with Crippen LogP contribution < -0.4 is 10.2 Å². The predicted molar refractivity (Wildman–Crippen MR) is 91.1 cm³/mol. The maximum absolute atomic E-state index is 6.50. The first-order chi connectivity index (χ1) is 10.1. The second-order valence-electron chi connectivity index (χ2n) is 6.91. The Morgan fingerprint density at radius 2 is 2.05 bits per heavy atom. The van der Waals surface area contributed by atoms with Crippen molar-refractivity contribution < 1.29 is 0 Å². The molecule has 1 aliphatic carbocycles. The molecule has 0 radical (unpaired) electrons. The van der Waals surface area contributed by atoms with Crippen molar-refractivity contribution in [1.29, 1.82) is 0 Å². The van der Waals surface area contributed by atoms with E-state index < -0.39 is 0 Å². The van der Waals surface area contributed by atoms with Gasteiger partial charge in [0.1, 0.15) is 0 Å². The van der Waals surface area contributed by atoms with E-state index in [-0.39, 0.29) is 0 Å². The van der Waals surface area contributed by atoms with Gasteiger partial charge in [0.25, 0.3) is 0 Å². The first kappa shape index (κ1) is 15.2. The summed E-state index contributed by atoms with van der Waals surface area (Å²) >= 11 is 6.50. The van der Waals surface area contributed by atoms with Gasteiger partial charge in [0.15, 0.2) is 0 Å². The van der Waals surface area contributed by atoms with Crippen molar-refractivity contribution >= 4 is 17.3 Å². The van der Waals surface area contributed by atoms with E-state index in [0.29, 0.717) is 6.04 Å². The van der Waals surface area contributed by atoms with E-state index in [1.807, 2.05) is 0 Å². The fourth-order valence-corrected chi connectivity index (χ4v) is 4.14. The van der Waals surface area contributed by atoms with Crippen LogP contribution in [0, 0.1) is 5.92 Å². The summed E-state index contributed by atoms with van der Waals surface area (Å²) in [5, 5.41) is 4.34. The van der Waals surface area contributed by atoms with Crippen molar-refractivity contribution in [1.82, 2.24) is 5.32 Å². The summed E-state index contributed by atoms with van der Waals surface area (Å²) < 4.78 is 0. The van der Waals surface area contributed by atoms with Crippen LogP contribution in [0.4, 0.5) is 5.69 Å². The highest BCUT2D eigenvalue weighted by molar-refractivity contribution is 6.31. The Labute approximate surface area is 133 Å². The van der Waals surface area contributed by atoms with E-state index in [0.717, 1.165) is 23.5 Å². The molecule has 1 heterocycles. The summed E-state index contributed by atoms with van der Waals surface area (Å²) in [6.45, 7) is 6.38. The molecule has 1 aromatic rings. The lowest BCUT2D eigenvalue weighted by Crippen LogP contribution is -2.34. The number of nitrogens with zero attached hydrogens (tertiary/aromatic N) is 1. The quantitative estimate of drug-likeness (QED) is 0.874. The molecule has 0 amide bonds. The van der Waals surface area contributed by atoms with Gasteiger partial charge in [0.05, 0.1) is 0 Å². The zero-order valence-corrected chi connectivity index (χ0v) is 14.0. The summed E-state index contributed by atoms with van der Waals surface area (Å²) in [5.74, 6) is 0.916. The fraction of sp³-hybridized carbons (Fsp3) is 0.667. The topological polar surface area (TPSA) is 15.3 Å². The molecule has 0 spiro atoms. The van der Waals surface area contributed by atoms with E-state index in [1.165, 1.54) is 49.9 Å². The first-order valence-electron chi connectivity index (χ1n) is 8.43. The Hall–Kier alpha value is -0.730.